The molecule has 134 valence electrons. The van der Waals surface area contributed by atoms with Crippen LogP contribution >= 0.6 is 0 Å². The summed E-state index contributed by atoms with van der Waals surface area (Å²) in [5.74, 6) is 0. The summed E-state index contributed by atoms with van der Waals surface area (Å²) in [6.45, 7) is 5.05. The fourth-order valence-electron chi connectivity index (χ4n) is 2.24. The predicted molar refractivity (Wildman–Crippen MR) is 82.1 cm³/mol. The Labute approximate surface area is 143 Å². The summed E-state index contributed by atoms with van der Waals surface area (Å²) >= 11 is -6.18. The van der Waals surface area contributed by atoms with E-state index in [0.717, 1.165) is 17.7 Å². The van der Waals surface area contributed by atoms with Gasteiger partial charge >= 0.3 is 144 Å². The number of rotatable bonds is 4. The second-order valence-corrected chi connectivity index (χ2v) is 14.3. The summed E-state index contributed by atoms with van der Waals surface area (Å²) < 4.78 is 71.1. The number of alkyl halides is 3. The van der Waals surface area contributed by atoms with Gasteiger partial charge in [-0.15, -0.1) is 0 Å². The van der Waals surface area contributed by atoms with Gasteiger partial charge in [0.1, 0.15) is 0 Å². The van der Waals surface area contributed by atoms with E-state index in [1.807, 2.05) is 0 Å². The zero-order valence-electron chi connectivity index (χ0n) is 13.2. The van der Waals surface area contributed by atoms with E-state index in [4.69, 9.17) is 4.55 Å². The molecule has 24 heavy (non-hydrogen) atoms. The summed E-state index contributed by atoms with van der Waals surface area (Å²) in [7, 11) is -5.92. The van der Waals surface area contributed by atoms with E-state index in [1.54, 1.807) is 20.8 Å². The molecule has 0 spiro atoms. The van der Waals surface area contributed by atoms with Crippen LogP contribution in [0.4, 0.5) is 11.6 Å². The van der Waals surface area contributed by atoms with Crippen LogP contribution in [0.25, 0.3) is 0 Å². The number of benzene rings is 2. The van der Waals surface area contributed by atoms with Crippen LogP contribution in [0.15, 0.2) is 42.5 Å². The molecule has 1 unspecified atom stereocenters. The first kappa shape index (κ1) is 19.2. The van der Waals surface area contributed by atoms with Crippen molar-refractivity contribution in [3.8, 4) is 0 Å². The molecule has 0 aliphatic rings. The molecule has 0 bridgehead atoms. The van der Waals surface area contributed by atoms with Gasteiger partial charge in [-0.2, -0.15) is 0 Å². The Morgan fingerprint density at radius 1 is 0.958 bits per heavy atom. The molecule has 2 rings (SSSR count). The first-order valence-electron chi connectivity index (χ1n) is 6.87. The molecule has 2 aromatic carbocycles. The molecule has 0 saturated heterocycles. The van der Waals surface area contributed by atoms with Gasteiger partial charge in [0.15, 0.2) is 0 Å². The van der Waals surface area contributed by atoms with Gasteiger partial charge < -0.3 is 0 Å². The number of aryl methyl sites for hydroxylation is 2. The third-order valence-corrected chi connectivity index (χ3v) is 14.0. The maximum atomic E-state index is 15.9. The zero-order valence-corrected chi connectivity index (χ0v) is 16.2. The van der Waals surface area contributed by atoms with Gasteiger partial charge in [-0.3, -0.25) is 0 Å². The van der Waals surface area contributed by atoms with Crippen molar-refractivity contribution in [2.24, 2.45) is 0 Å². The second kappa shape index (κ2) is 6.30. The van der Waals surface area contributed by atoms with Crippen LogP contribution in [0.3, 0.4) is 0 Å². The van der Waals surface area contributed by atoms with Gasteiger partial charge in [0.2, 0.25) is 0 Å². The van der Waals surface area contributed by atoms with Gasteiger partial charge in [-0.1, -0.05) is 0 Å². The van der Waals surface area contributed by atoms with Crippen LogP contribution in [-0.2, 0) is 10.1 Å². The topological polar surface area (TPSA) is 54.4 Å². The first-order valence-corrected chi connectivity index (χ1v) is 12.4. The molecule has 0 fully saturated rings. The molecule has 8 heteroatoms. The molecule has 0 radical (unpaired) electrons. The van der Waals surface area contributed by atoms with Crippen LogP contribution in [0, 0.1) is 27.9 Å². The van der Waals surface area contributed by atoms with Gasteiger partial charge in [0, 0.05) is 0 Å². The Morgan fingerprint density at radius 2 is 1.42 bits per heavy atom. The van der Waals surface area contributed by atoms with Crippen LogP contribution in [0.2, 0.25) is 0 Å². The minimum atomic E-state index is -6.18. The van der Waals surface area contributed by atoms with E-state index >= 15 is 2.86 Å². The standard InChI is InChI=1S/C16H17F3IO3S/c1-11-9-15(10-12(2)13(11)3)20(19,14-7-5-4-6-8-14)16(17,18)24(21,22)23/h4-10H,1-3H3,(H,21,22,23)/q-1. The quantitative estimate of drug-likeness (QED) is 0.412. The monoisotopic (exact) mass is 473 g/mol. The Balaban J connectivity index is 2.89. The average molecular weight is 473 g/mol. The van der Waals surface area contributed by atoms with E-state index in [2.05, 4.69) is 0 Å². The third-order valence-electron chi connectivity index (χ3n) is 3.82. The van der Waals surface area contributed by atoms with Crippen molar-refractivity contribution in [2.45, 2.75) is 24.0 Å². The molecule has 2 aromatic rings. The van der Waals surface area contributed by atoms with Crippen molar-refractivity contribution in [1.29, 1.82) is 0 Å². The van der Waals surface area contributed by atoms with Crippen molar-refractivity contribution in [1.82, 2.24) is 0 Å². The molecule has 3 nitrogen and oxygen atoms in total. The summed E-state index contributed by atoms with van der Waals surface area (Å²) in [6, 6.07) is 9.03. The maximum absolute atomic E-state index is 15.9. The van der Waals surface area contributed by atoms with Crippen molar-refractivity contribution < 1.29 is 43.6 Å². The Bertz CT molecular complexity index is 846. The van der Waals surface area contributed by atoms with Crippen molar-refractivity contribution >= 4 is 10.1 Å². The predicted octanol–water partition coefficient (Wildman–Crippen LogP) is 1.13. The summed E-state index contributed by atoms with van der Waals surface area (Å²) in [5, 5.41) is 0. The average Bonchev–Trinajstić information content (AvgIpc) is 2.50. The number of hydrogen-bond donors (Lipinski definition) is 1. The van der Waals surface area contributed by atoms with Crippen LogP contribution in [-0.4, -0.2) is 16.2 Å². The van der Waals surface area contributed by atoms with Gasteiger partial charge in [0.25, 0.3) is 0 Å². The van der Waals surface area contributed by atoms with E-state index in [1.165, 1.54) is 30.3 Å². The molecule has 0 aliphatic heterocycles. The molecular weight excluding hydrogens is 456 g/mol. The van der Waals surface area contributed by atoms with Crippen molar-refractivity contribution in [2.75, 3.05) is 0 Å². The zero-order chi connectivity index (χ0) is 18.3. The molecule has 1 N–H and O–H groups in total. The molecule has 0 aliphatic carbocycles. The molecule has 0 heterocycles. The van der Waals surface area contributed by atoms with Crippen molar-refractivity contribution in [3.63, 3.8) is 0 Å². The van der Waals surface area contributed by atoms with Crippen LogP contribution in [0.5, 0.6) is 0 Å². The fourth-order valence-corrected chi connectivity index (χ4v) is 11.4. The number of halogens is 4. The normalized spacial score (nSPS) is 16.5. The molecular formula is C16H17F3IO3S-. The van der Waals surface area contributed by atoms with E-state index < -0.39 is 32.4 Å². The van der Waals surface area contributed by atoms with Gasteiger partial charge in [-0.25, -0.2) is 0 Å². The summed E-state index contributed by atoms with van der Waals surface area (Å²) in [5.41, 5.74) is 1.97. The van der Waals surface area contributed by atoms with Gasteiger partial charge in [-0.05, 0) is 0 Å². The first-order chi connectivity index (χ1) is 10.9. The third kappa shape index (κ3) is 2.95. The van der Waals surface area contributed by atoms with Crippen LogP contribution < -0.4 is 19.0 Å². The Kier molecular flexibility index (Phi) is 5.04. The SMILES string of the molecule is Cc1cc([I-](F)(c2ccccc2)C(F)(F)S(=O)(=O)O)cc(C)c1C. The molecule has 0 saturated carbocycles. The molecule has 0 amide bonds. The Morgan fingerprint density at radius 3 is 1.83 bits per heavy atom. The van der Waals surface area contributed by atoms with E-state index in [-0.39, 0.29) is 7.14 Å². The summed E-state index contributed by atoms with van der Waals surface area (Å²) in [4.78, 5) is 0. The summed E-state index contributed by atoms with van der Waals surface area (Å²) in [6.07, 6.45) is 0. The molecule has 0 aromatic heterocycles. The fraction of sp³-hybridized carbons (Fsp3) is 0.250. The number of hydrogen-bond acceptors (Lipinski definition) is 2. The van der Waals surface area contributed by atoms with Crippen LogP contribution in [0.1, 0.15) is 16.7 Å². The molecule has 1 atom stereocenters. The van der Waals surface area contributed by atoms with E-state index in [0.29, 0.717) is 11.1 Å². The van der Waals surface area contributed by atoms with Gasteiger partial charge in [0.05, 0.1) is 0 Å². The van der Waals surface area contributed by atoms with E-state index in [9.17, 15) is 17.2 Å². The second-order valence-electron chi connectivity index (χ2n) is 5.38. The Hall–Kier alpha value is -1.13. The minimum absolute atomic E-state index is 0.351. The van der Waals surface area contributed by atoms with Crippen molar-refractivity contribution in [3.05, 3.63) is 66.3 Å².